The van der Waals surface area contributed by atoms with E-state index in [1.54, 1.807) is 0 Å². The lowest BCUT2D eigenvalue weighted by Crippen LogP contribution is -2.53. The number of epoxide rings is 1. The molecule has 1 saturated heterocycles. The minimum Gasteiger partial charge on any atom is -0.467 e. The van der Waals surface area contributed by atoms with Gasteiger partial charge < -0.3 is 9.47 Å². The highest BCUT2D eigenvalue weighted by Gasteiger charge is 2.81. The van der Waals surface area contributed by atoms with Crippen LogP contribution in [0.25, 0.3) is 0 Å². The van der Waals surface area contributed by atoms with E-state index in [0.717, 1.165) is 6.42 Å². The summed E-state index contributed by atoms with van der Waals surface area (Å²) in [5.74, 6) is 0.993. The molecule has 3 aliphatic rings. The minimum absolute atomic E-state index is 0.138. The van der Waals surface area contributed by atoms with Gasteiger partial charge in [-0.1, -0.05) is 12.8 Å². The van der Waals surface area contributed by atoms with Gasteiger partial charge >= 0.3 is 5.97 Å². The Hall–Kier alpha value is -0.570. The Labute approximate surface area is 77.4 Å². The summed E-state index contributed by atoms with van der Waals surface area (Å²) < 4.78 is 10.3. The first-order valence-corrected chi connectivity index (χ1v) is 5.07. The van der Waals surface area contributed by atoms with Gasteiger partial charge in [0.15, 0.2) is 5.60 Å². The molecule has 1 aliphatic heterocycles. The Balaban J connectivity index is 1.81. The van der Waals surface area contributed by atoms with Gasteiger partial charge in [0.1, 0.15) is 6.10 Å². The topological polar surface area (TPSA) is 38.8 Å². The fourth-order valence-electron chi connectivity index (χ4n) is 3.29. The standard InChI is InChI=1S/C10H14O3/c1-12-9(11)10-7-5-3-2-4-6(7)8(10)13-10/h6-8H,2-5H2,1H3. The lowest BCUT2D eigenvalue weighted by Gasteiger charge is -2.41. The molecule has 0 amide bonds. The van der Waals surface area contributed by atoms with Crippen LogP contribution < -0.4 is 0 Å². The van der Waals surface area contributed by atoms with Crippen molar-refractivity contribution < 1.29 is 14.3 Å². The molecule has 0 aromatic heterocycles. The van der Waals surface area contributed by atoms with Gasteiger partial charge in [0.05, 0.1) is 7.11 Å². The highest BCUT2D eigenvalue weighted by molar-refractivity contribution is 5.86. The number of hydrogen-bond donors (Lipinski definition) is 0. The van der Waals surface area contributed by atoms with Crippen molar-refractivity contribution in [3.63, 3.8) is 0 Å². The summed E-state index contributed by atoms with van der Waals surface area (Å²) in [6.07, 6.45) is 5.16. The molecule has 0 aromatic rings. The second kappa shape index (κ2) is 2.27. The molecule has 4 unspecified atom stereocenters. The average molecular weight is 182 g/mol. The first-order valence-electron chi connectivity index (χ1n) is 5.07. The molecule has 13 heavy (non-hydrogen) atoms. The minimum atomic E-state index is -0.472. The summed E-state index contributed by atoms with van der Waals surface area (Å²) in [6, 6.07) is 0. The van der Waals surface area contributed by atoms with E-state index < -0.39 is 5.60 Å². The molecular formula is C10H14O3. The summed E-state index contributed by atoms with van der Waals surface area (Å²) in [5.41, 5.74) is -0.472. The van der Waals surface area contributed by atoms with Gasteiger partial charge in [0.2, 0.25) is 0 Å². The van der Waals surface area contributed by atoms with Gasteiger partial charge in [-0.25, -0.2) is 4.79 Å². The van der Waals surface area contributed by atoms with E-state index in [4.69, 9.17) is 9.47 Å². The van der Waals surface area contributed by atoms with Gasteiger partial charge in [-0.15, -0.1) is 0 Å². The summed E-state index contributed by atoms with van der Waals surface area (Å²) in [5, 5.41) is 0. The van der Waals surface area contributed by atoms with Crippen LogP contribution in [0.2, 0.25) is 0 Å². The molecule has 0 N–H and O–H groups in total. The predicted octanol–water partition coefficient (Wildman–Crippen LogP) is 1.12. The first kappa shape index (κ1) is 7.80. The van der Waals surface area contributed by atoms with E-state index in [1.807, 2.05) is 0 Å². The second-order valence-corrected chi connectivity index (χ2v) is 4.38. The van der Waals surface area contributed by atoms with Gasteiger partial charge in [-0.2, -0.15) is 0 Å². The number of carbonyl (C=O) groups excluding carboxylic acids is 1. The van der Waals surface area contributed by atoms with Crippen molar-refractivity contribution in [2.24, 2.45) is 11.8 Å². The second-order valence-electron chi connectivity index (χ2n) is 4.38. The quantitative estimate of drug-likeness (QED) is 0.450. The van der Waals surface area contributed by atoms with Gasteiger partial charge in [-0.3, -0.25) is 0 Å². The molecular weight excluding hydrogens is 168 g/mol. The molecule has 2 aliphatic carbocycles. The molecule has 0 radical (unpaired) electrons. The molecule has 1 heterocycles. The van der Waals surface area contributed by atoms with E-state index in [2.05, 4.69) is 0 Å². The van der Waals surface area contributed by atoms with Crippen molar-refractivity contribution >= 4 is 5.97 Å². The van der Waals surface area contributed by atoms with Gasteiger partial charge in [-0.05, 0) is 18.8 Å². The van der Waals surface area contributed by atoms with E-state index in [1.165, 1.54) is 26.4 Å². The maximum atomic E-state index is 11.5. The van der Waals surface area contributed by atoms with Crippen LogP contribution in [0.1, 0.15) is 25.7 Å². The number of methoxy groups -OCH3 is 1. The third-order valence-corrected chi connectivity index (χ3v) is 3.95. The lowest BCUT2D eigenvalue weighted by atomic mass is 9.58. The third kappa shape index (κ3) is 0.725. The molecule has 3 rings (SSSR count). The SMILES string of the molecule is COC(=O)C12OC1C1CCCCC12. The number of hydrogen-bond acceptors (Lipinski definition) is 3. The molecule has 0 aromatic carbocycles. The van der Waals surface area contributed by atoms with E-state index in [-0.39, 0.29) is 12.1 Å². The summed E-state index contributed by atoms with van der Waals surface area (Å²) in [4.78, 5) is 11.5. The van der Waals surface area contributed by atoms with Crippen LogP contribution in [-0.2, 0) is 14.3 Å². The van der Waals surface area contributed by atoms with Crippen LogP contribution in [0.5, 0.6) is 0 Å². The maximum Gasteiger partial charge on any atom is 0.341 e. The highest BCUT2D eigenvalue weighted by atomic mass is 16.7. The predicted molar refractivity (Wildman–Crippen MR) is 45.1 cm³/mol. The number of fused-ring (bicyclic) bond motifs is 4. The van der Waals surface area contributed by atoms with Crippen molar-refractivity contribution in [1.82, 2.24) is 0 Å². The fraction of sp³-hybridized carbons (Fsp3) is 0.900. The first-order chi connectivity index (χ1) is 6.30. The highest BCUT2D eigenvalue weighted by Crippen LogP contribution is 2.66. The van der Waals surface area contributed by atoms with E-state index in [0.29, 0.717) is 11.8 Å². The largest absolute Gasteiger partial charge is 0.467 e. The van der Waals surface area contributed by atoms with Crippen LogP contribution in [0.3, 0.4) is 0 Å². The Morgan fingerprint density at radius 2 is 2.23 bits per heavy atom. The number of rotatable bonds is 1. The molecule has 0 spiro atoms. The third-order valence-electron chi connectivity index (χ3n) is 3.95. The number of ether oxygens (including phenoxy) is 2. The van der Waals surface area contributed by atoms with Gasteiger partial charge in [0.25, 0.3) is 0 Å². The van der Waals surface area contributed by atoms with Crippen molar-refractivity contribution in [3.05, 3.63) is 0 Å². The monoisotopic (exact) mass is 182 g/mol. The van der Waals surface area contributed by atoms with Crippen LogP contribution >= 0.6 is 0 Å². The van der Waals surface area contributed by atoms with Crippen LogP contribution in [0.15, 0.2) is 0 Å². The van der Waals surface area contributed by atoms with Crippen LogP contribution in [0.4, 0.5) is 0 Å². The van der Waals surface area contributed by atoms with E-state index >= 15 is 0 Å². The zero-order chi connectivity index (χ0) is 9.05. The molecule has 2 saturated carbocycles. The Morgan fingerprint density at radius 1 is 1.46 bits per heavy atom. The molecule has 4 atom stereocenters. The molecule has 0 bridgehead atoms. The summed E-state index contributed by atoms with van der Waals surface area (Å²) in [6.45, 7) is 0. The van der Waals surface area contributed by atoms with Crippen molar-refractivity contribution in [2.45, 2.75) is 37.4 Å². The van der Waals surface area contributed by atoms with Gasteiger partial charge in [0, 0.05) is 5.92 Å². The normalized spacial score (nSPS) is 51.3. The van der Waals surface area contributed by atoms with E-state index in [9.17, 15) is 4.79 Å². The molecule has 3 fully saturated rings. The molecule has 3 nitrogen and oxygen atoms in total. The zero-order valence-electron chi connectivity index (χ0n) is 7.79. The Bertz CT molecular complexity index is 263. The average Bonchev–Trinajstić information content (AvgIpc) is 2.84. The number of esters is 1. The van der Waals surface area contributed by atoms with Crippen molar-refractivity contribution in [2.75, 3.05) is 7.11 Å². The van der Waals surface area contributed by atoms with Crippen molar-refractivity contribution in [1.29, 1.82) is 0 Å². The Morgan fingerprint density at radius 3 is 3.00 bits per heavy atom. The maximum absolute atomic E-state index is 11.5. The zero-order valence-corrected chi connectivity index (χ0v) is 7.79. The lowest BCUT2D eigenvalue weighted by molar-refractivity contribution is -0.152. The fourth-order valence-corrected chi connectivity index (χ4v) is 3.29. The summed E-state index contributed by atoms with van der Waals surface area (Å²) >= 11 is 0. The summed E-state index contributed by atoms with van der Waals surface area (Å²) in [7, 11) is 1.45. The van der Waals surface area contributed by atoms with Crippen LogP contribution in [-0.4, -0.2) is 24.8 Å². The number of carbonyl (C=O) groups is 1. The smallest absolute Gasteiger partial charge is 0.341 e. The van der Waals surface area contributed by atoms with Crippen LogP contribution in [0, 0.1) is 11.8 Å². The Kier molecular flexibility index (Phi) is 1.36. The van der Waals surface area contributed by atoms with Crippen molar-refractivity contribution in [3.8, 4) is 0 Å². The molecule has 3 heteroatoms. The molecule has 72 valence electrons.